The zero-order valence-corrected chi connectivity index (χ0v) is 13.9. The molecule has 1 aliphatic heterocycles. The monoisotopic (exact) mass is 280 g/mol. The molecule has 1 nitrogen and oxygen atoms in total. The van der Waals surface area contributed by atoms with Crippen LogP contribution in [0, 0.1) is 27.7 Å². The molecule has 0 N–H and O–H groups in total. The normalized spacial score (nSPS) is 19.2. The van der Waals surface area contributed by atoms with Crippen molar-refractivity contribution in [3.05, 3.63) is 63.7 Å². The Morgan fingerprint density at radius 2 is 1.52 bits per heavy atom. The minimum Gasteiger partial charge on any atom is -0.486 e. The lowest BCUT2D eigenvalue weighted by Crippen LogP contribution is -2.31. The Labute approximate surface area is 128 Å². The summed E-state index contributed by atoms with van der Waals surface area (Å²) in [7, 11) is 0. The Kier molecular flexibility index (Phi) is 3.12. The molecule has 1 atom stereocenters. The van der Waals surface area contributed by atoms with Crippen molar-refractivity contribution >= 4 is 0 Å². The fourth-order valence-corrected chi connectivity index (χ4v) is 3.56. The first-order chi connectivity index (χ1) is 9.81. The predicted octanol–water partition coefficient (Wildman–Crippen LogP) is 5.22. The standard InChI is InChI=1S/C20H24O/c1-12-7-9-16(10-8-12)18-17-14(3)11-13(2)15(4)19(17)21-20(18,5)6/h7-11,18H,1-6H3/t18-/m0/s1. The van der Waals surface area contributed by atoms with Gasteiger partial charge in [0.15, 0.2) is 0 Å². The van der Waals surface area contributed by atoms with Crippen molar-refractivity contribution in [1.82, 2.24) is 0 Å². The molecule has 0 aromatic heterocycles. The summed E-state index contributed by atoms with van der Waals surface area (Å²) in [6.07, 6.45) is 0. The van der Waals surface area contributed by atoms with E-state index in [1.165, 1.54) is 33.4 Å². The summed E-state index contributed by atoms with van der Waals surface area (Å²) in [5.41, 5.74) is 7.73. The molecule has 0 spiro atoms. The molecule has 0 fully saturated rings. The molecule has 110 valence electrons. The van der Waals surface area contributed by atoms with E-state index in [4.69, 9.17) is 4.74 Å². The topological polar surface area (TPSA) is 9.23 Å². The predicted molar refractivity (Wildman–Crippen MR) is 88.4 cm³/mol. The van der Waals surface area contributed by atoms with Crippen molar-refractivity contribution in [2.45, 2.75) is 53.1 Å². The van der Waals surface area contributed by atoms with Gasteiger partial charge >= 0.3 is 0 Å². The van der Waals surface area contributed by atoms with Crippen LogP contribution in [0.4, 0.5) is 0 Å². The first kappa shape index (κ1) is 14.2. The van der Waals surface area contributed by atoms with Crippen molar-refractivity contribution in [2.24, 2.45) is 0 Å². The van der Waals surface area contributed by atoms with Gasteiger partial charge in [-0.3, -0.25) is 0 Å². The highest BCUT2D eigenvalue weighted by Crippen LogP contribution is 2.51. The lowest BCUT2D eigenvalue weighted by Gasteiger charge is -2.27. The second-order valence-electron chi connectivity index (χ2n) is 6.93. The zero-order chi connectivity index (χ0) is 15.4. The maximum atomic E-state index is 6.38. The summed E-state index contributed by atoms with van der Waals surface area (Å²) in [6.45, 7) is 13.1. The van der Waals surface area contributed by atoms with Crippen molar-refractivity contribution in [3.63, 3.8) is 0 Å². The molecule has 2 aromatic carbocycles. The lowest BCUT2D eigenvalue weighted by molar-refractivity contribution is 0.121. The first-order valence-electron chi connectivity index (χ1n) is 7.67. The summed E-state index contributed by atoms with van der Waals surface area (Å²) < 4.78 is 6.38. The molecule has 1 aliphatic rings. The minimum atomic E-state index is -0.207. The Morgan fingerprint density at radius 3 is 2.14 bits per heavy atom. The van der Waals surface area contributed by atoms with Crippen LogP contribution in [0.3, 0.4) is 0 Å². The van der Waals surface area contributed by atoms with Crippen LogP contribution in [0.1, 0.15) is 53.1 Å². The molecule has 0 aliphatic carbocycles. The third-order valence-corrected chi connectivity index (χ3v) is 4.79. The average Bonchev–Trinajstić information content (AvgIpc) is 2.69. The van der Waals surface area contributed by atoms with E-state index in [9.17, 15) is 0 Å². The molecule has 0 bridgehead atoms. The van der Waals surface area contributed by atoms with E-state index in [0.717, 1.165) is 5.75 Å². The number of benzene rings is 2. The fraction of sp³-hybridized carbons (Fsp3) is 0.400. The summed E-state index contributed by atoms with van der Waals surface area (Å²) in [6, 6.07) is 11.2. The number of hydrogen-bond donors (Lipinski definition) is 0. The third kappa shape index (κ3) is 2.16. The zero-order valence-electron chi connectivity index (χ0n) is 13.9. The largest absolute Gasteiger partial charge is 0.486 e. The molecular formula is C20H24O. The highest BCUT2D eigenvalue weighted by molar-refractivity contribution is 5.58. The van der Waals surface area contributed by atoms with Crippen LogP contribution >= 0.6 is 0 Å². The molecule has 0 amide bonds. The first-order valence-corrected chi connectivity index (χ1v) is 7.67. The van der Waals surface area contributed by atoms with Gasteiger partial charge in [-0.2, -0.15) is 0 Å². The van der Waals surface area contributed by atoms with Gasteiger partial charge in [-0.25, -0.2) is 0 Å². The van der Waals surface area contributed by atoms with Gasteiger partial charge in [-0.1, -0.05) is 35.9 Å². The van der Waals surface area contributed by atoms with Gasteiger partial charge in [0.2, 0.25) is 0 Å². The van der Waals surface area contributed by atoms with Gasteiger partial charge < -0.3 is 4.74 Å². The van der Waals surface area contributed by atoms with Gasteiger partial charge in [-0.15, -0.1) is 0 Å². The third-order valence-electron chi connectivity index (χ3n) is 4.79. The Balaban J connectivity index is 2.23. The second kappa shape index (κ2) is 4.62. The number of aryl methyl sites for hydroxylation is 3. The summed E-state index contributed by atoms with van der Waals surface area (Å²) in [4.78, 5) is 0. The summed E-state index contributed by atoms with van der Waals surface area (Å²) >= 11 is 0. The molecule has 2 aromatic rings. The van der Waals surface area contributed by atoms with Crippen molar-refractivity contribution < 1.29 is 4.74 Å². The highest BCUT2D eigenvalue weighted by Gasteiger charge is 2.43. The summed E-state index contributed by atoms with van der Waals surface area (Å²) in [5, 5.41) is 0. The van der Waals surface area contributed by atoms with Crippen LogP contribution in [0.15, 0.2) is 30.3 Å². The van der Waals surface area contributed by atoms with Crippen LogP contribution in [0.5, 0.6) is 5.75 Å². The molecule has 1 heteroatoms. The van der Waals surface area contributed by atoms with E-state index in [-0.39, 0.29) is 5.60 Å². The quantitative estimate of drug-likeness (QED) is 0.695. The van der Waals surface area contributed by atoms with Gasteiger partial charge in [0.25, 0.3) is 0 Å². The Bertz CT molecular complexity index is 693. The molecule has 21 heavy (non-hydrogen) atoms. The van der Waals surface area contributed by atoms with E-state index >= 15 is 0 Å². The Morgan fingerprint density at radius 1 is 0.905 bits per heavy atom. The number of hydrogen-bond acceptors (Lipinski definition) is 1. The molecule has 3 rings (SSSR count). The number of rotatable bonds is 1. The maximum Gasteiger partial charge on any atom is 0.127 e. The molecule has 0 unspecified atom stereocenters. The van der Waals surface area contributed by atoms with Crippen LogP contribution in [-0.4, -0.2) is 5.60 Å². The smallest absolute Gasteiger partial charge is 0.127 e. The van der Waals surface area contributed by atoms with E-state index in [0.29, 0.717) is 5.92 Å². The maximum absolute atomic E-state index is 6.38. The molecule has 1 heterocycles. The molecule has 0 saturated carbocycles. The SMILES string of the molecule is Cc1ccc([C@H]2c3c(C)cc(C)c(C)c3OC2(C)C)cc1. The van der Waals surface area contributed by atoms with Gasteiger partial charge in [0.05, 0.1) is 5.92 Å². The van der Waals surface area contributed by atoms with Crippen LogP contribution in [0.25, 0.3) is 0 Å². The molecule has 0 saturated heterocycles. The van der Waals surface area contributed by atoms with Gasteiger partial charge in [0.1, 0.15) is 11.4 Å². The van der Waals surface area contributed by atoms with E-state index < -0.39 is 0 Å². The van der Waals surface area contributed by atoms with Crippen molar-refractivity contribution in [1.29, 1.82) is 0 Å². The number of ether oxygens (including phenoxy) is 1. The van der Waals surface area contributed by atoms with Crippen LogP contribution in [-0.2, 0) is 0 Å². The van der Waals surface area contributed by atoms with Crippen molar-refractivity contribution in [2.75, 3.05) is 0 Å². The van der Waals surface area contributed by atoms with Crippen LogP contribution < -0.4 is 4.74 Å². The number of fused-ring (bicyclic) bond motifs is 1. The van der Waals surface area contributed by atoms with Gasteiger partial charge in [-0.05, 0) is 63.8 Å². The molecular weight excluding hydrogens is 256 g/mol. The highest BCUT2D eigenvalue weighted by atomic mass is 16.5. The summed E-state index contributed by atoms with van der Waals surface area (Å²) in [5.74, 6) is 1.40. The minimum absolute atomic E-state index is 0.207. The lowest BCUT2D eigenvalue weighted by atomic mass is 9.79. The van der Waals surface area contributed by atoms with E-state index in [1.807, 2.05) is 0 Å². The second-order valence-corrected chi connectivity index (χ2v) is 6.93. The Hall–Kier alpha value is -1.76. The van der Waals surface area contributed by atoms with Crippen molar-refractivity contribution in [3.8, 4) is 5.75 Å². The van der Waals surface area contributed by atoms with Crippen LogP contribution in [0.2, 0.25) is 0 Å². The average molecular weight is 280 g/mol. The van der Waals surface area contributed by atoms with E-state index in [1.54, 1.807) is 0 Å². The fourth-order valence-electron chi connectivity index (χ4n) is 3.56. The molecule has 0 radical (unpaired) electrons. The van der Waals surface area contributed by atoms with E-state index in [2.05, 4.69) is 71.9 Å². The van der Waals surface area contributed by atoms with Gasteiger partial charge in [0, 0.05) is 5.56 Å².